The molecule has 2 aromatic rings. The standard InChI is InChI=1S/C30H38N4O4/c1-30(2,3)38-29(35)34(18-6-22-37-28-13-9-25(32-4)10-14-28)26-15-19-33(20-16-26)17-5-21-36-27-11-7-24(23-31)8-12-27/h7-14,26H,5-6,15-22H2,1-3H3. The Bertz CT molecular complexity index is 1090. The normalized spacial score (nSPS) is 14.2. The molecule has 0 spiro atoms. The topological polar surface area (TPSA) is 79.4 Å². The van der Waals surface area contributed by atoms with Crippen LogP contribution in [0.25, 0.3) is 4.85 Å². The Balaban J connectivity index is 1.43. The fourth-order valence-electron chi connectivity index (χ4n) is 4.34. The summed E-state index contributed by atoms with van der Waals surface area (Å²) in [5, 5.41) is 8.89. The van der Waals surface area contributed by atoms with Crippen molar-refractivity contribution in [1.29, 1.82) is 5.26 Å². The van der Waals surface area contributed by atoms with Crippen LogP contribution < -0.4 is 9.47 Å². The molecule has 1 fully saturated rings. The van der Waals surface area contributed by atoms with E-state index in [2.05, 4.69) is 15.8 Å². The zero-order chi connectivity index (χ0) is 27.4. The van der Waals surface area contributed by atoms with Crippen LogP contribution in [0.2, 0.25) is 0 Å². The maximum atomic E-state index is 13.0. The van der Waals surface area contributed by atoms with Crippen LogP contribution in [-0.4, -0.2) is 66.9 Å². The summed E-state index contributed by atoms with van der Waals surface area (Å²) >= 11 is 0. The number of amides is 1. The molecular weight excluding hydrogens is 480 g/mol. The first-order valence-corrected chi connectivity index (χ1v) is 13.2. The van der Waals surface area contributed by atoms with Crippen LogP contribution in [0.5, 0.6) is 11.5 Å². The fraction of sp³-hybridized carbons (Fsp3) is 0.500. The van der Waals surface area contributed by atoms with Gasteiger partial charge in [0, 0.05) is 32.2 Å². The molecule has 0 radical (unpaired) electrons. The lowest BCUT2D eigenvalue weighted by Gasteiger charge is -2.39. The first-order valence-electron chi connectivity index (χ1n) is 13.2. The molecule has 1 heterocycles. The van der Waals surface area contributed by atoms with Crippen LogP contribution in [-0.2, 0) is 4.74 Å². The summed E-state index contributed by atoms with van der Waals surface area (Å²) in [4.78, 5) is 20.7. The highest BCUT2D eigenvalue weighted by Gasteiger charge is 2.30. The quantitative estimate of drug-likeness (QED) is 0.266. The summed E-state index contributed by atoms with van der Waals surface area (Å²) in [6.07, 6.45) is 3.13. The average molecular weight is 519 g/mol. The Morgan fingerprint density at radius 3 is 2.16 bits per heavy atom. The highest BCUT2D eigenvalue weighted by Crippen LogP contribution is 2.22. The average Bonchev–Trinajstić information content (AvgIpc) is 2.91. The predicted octanol–water partition coefficient (Wildman–Crippen LogP) is 6.05. The maximum absolute atomic E-state index is 13.0. The second-order valence-corrected chi connectivity index (χ2v) is 10.4. The van der Waals surface area contributed by atoms with Crippen molar-refractivity contribution in [3.05, 3.63) is 65.5 Å². The minimum absolute atomic E-state index is 0.133. The largest absolute Gasteiger partial charge is 0.494 e. The van der Waals surface area contributed by atoms with Gasteiger partial charge in [-0.2, -0.15) is 5.26 Å². The number of likely N-dealkylation sites (tertiary alicyclic amines) is 1. The molecule has 0 unspecified atom stereocenters. The van der Waals surface area contributed by atoms with E-state index < -0.39 is 5.60 Å². The molecule has 1 aliphatic heterocycles. The van der Waals surface area contributed by atoms with Gasteiger partial charge in [0.2, 0.25) is 0 Å². The Labute approximate surface area is 226 Å². The molecule has 0 atom stereocenters. The van der Waals surface area contributed by atoms with Gasteiger partial charge in [0.15, 0.2) is 5.69 Å². The lowest BCUT2D eigenvalue weighted by atomic mass is 10.0. The molecule has 202 valence electrons. The molecule has 8 heteroatoms. The third-order valence-corrected chi connectivity index (χ3v) is 6.27. The number of piperidine rings is 1. The van der Waals surface area contributed by atoms with E-state index in [-0.39, 0.29) is 12.1 Å². The highest BCUT2D eigenvalue weighted by molar-refractivity contribution is 5.68. The van der Waals surface area contributed by atoms with Gasteiger partial charge in [0.25, 0.3) is 0 Å². The summed E-state index contributed by atoms with van der Waals surface area (Å²) in [6.45, 7) is 17.2. The van der Waals surface area contributed by atoms with E-state index in [1.54, 1.807) is 36.4 Å². The Morgan fingerprint density at radius 2 is 1.61 bits per heavy atom. The molecule has 0 saturated carbocycles. The number of carbonyl (C=O) groups excluding carboxylic acids is 1. The summed E-state index contributed by atoms with van der Waals surface area (Å²) in [7, 11) is 0. The van der Waals surface area contributed by atoms with E-state index in [1.807, 2.05) is 37.8 Å². The van der Waals surface area contributed by atoms with Gasteiger partial charge in [-0.1, -0.05) is 12.1 Å². The van der Waals surface area contributed by atoms with Crippen molar-refractivity contribution in [2.24, 2.45) is 0 Å². The number of hydrogen-bond acceptors (Lipinski definition) is 6. The van der Waals surface area contributed by atoms with E-state index in [0.29, 0.717) is 37.4 Å². The second kappa shape index (κ2) is 14.3. The lowest BCUT2D eigenvalue weighted by molar-refractivity contribution is 0.00699. The molecule has 1 saturated heterocycles. The van der Waals surface area contributed by atoms with Crippen LogP contribution in [0, 0.1) is 17.9 Å². The van der Waals surface area contributed by atoms with Gasteiger partial charge >= 0.3 is 6.09 Å². The number of carbonyl (C=O) groups is 1. The van der Waals surface area contributed by atoms with Gasteiger partial charge in [-0.25, -0.2) is 9.64 Å². The second-order valence-electron chi connectivity index (χ2n) is 10.4. The molecule has 38 heavy (non-hydrogen) atoms. The predicted molar refractivity (Wildman–Crippen MR) is 146 cm³/mol. The van der Waals surface area contributed by atoms with Crippen molar-refractivity contribution in [2.75, 3.05) is 39.4 Å². The maximum Gasteiger partial charge on any atom is 0.410 e. The number of ether oxygens (including phenoxy) is 3. The molecule has 1 aliphatic rings. The van der Waals surface area contributed by atoms with Gasteiger partial charge in [0.05, 0.1) is 31.4 Å². The molecule has 2 aromatic carbocycles. The van der Waals surface area contributed by atoms with E-state index in [9.17, 15) is 4.79 Å². The molecule has 0 bridgehead atoms. The van der Waals surface area contributed by atoms with Crippen molar-refractivity contribution in [1.82, 2.24) is 9.80 Å². The van der Waals surface area contributed by atoms with Crippen molar-refractivity contribution < 1.29 is 19.0 Å². The van der Waals surface area contributed by atoms with Gasteiger partial charge in [-0.15, -0.1) is 0 Å². The minimum Gasteiger partial charge on any atom is -0.494 e. The van der Waals surface area contributed by atoms with Crippen LogP contribution in [0.1, 0.15) is 52.0 Å². The zero-order valence-corrected chi connectivity index (χ0v) is 22.7. The Morgan fingerprint density at radius 1 is 1.03 bits per heavy atom. The molecule has 8 nitrogen and oxygen atoms in total. The molecule has 3 rings (SSSR count). The van der Waals surface area contributed by atoms with E-state index in [4.69, 9.17) is 26.0 Å². The SMILES string of the molecule is [C-]#[N+]c1ccc(OCCCN(C(=O)OC(C)(C)C)C2CCN(CCCOc3ccc(C#N)cc3)CC2)cc1. The molecule has 0 aromatic heterocycles. The van der Waals surface area contributed by atoms with Crippen molar-refractivity contribution in [2.45, 2.75) is 58.1 Å². The monoisotopic (exact) mass is 518 g/mol. The van der Waals surface area contributed by atoms with Crippen molar-refractivity contribution in [3.63, 3.8) is 0 Å². The van der Waals surface area contributed by atoms with E-state index >= 15 is 0 Å². The summed E-state index contributed by atoms with van der Waals surface area (Å²) in [5.74, 6) is 1.50. The summed E-state index contributed by atoms with van der Waals surface area (Å²) in [5.41, 5.74) is 0.658. The Hall–Kier alpha value is -3.75. The van der Waals surface area contributed by atoms with Crippen molar-refractivity contribution in [3.8, 4) is 17.6 Å². The molecular formula is C30H38N4O4. The first-order chi connectivity index (χ1) is 18.3. The van der Waals surface area contributed by atoms with Gasteiger partial charge in [-0.05, 0) is 82.9 Å². The smallest absolute Gasteiger partial charge is 0.410 e. The molecule has 1 amide bonds. The van der Waals surface area contributed by atoms with Crippen LogP contribution in [0.3, 0.4) is 0 Å². The van der Waals surface area contributed by atoms with Crippen LogP contribution >= 0.6 is 0 Å². The van der Waals surface area contributed by atoms with Crippen LogP contribution in [0.15, 0.2) is 48.5 Å². The summed E-state index contributed by atoms with van der Waals surface area (Å²) < 4.78 is 17.4. The first kappa shape index (κ1) is 28.8. The number of nitrogens with zero attached hydrogens (tertiary/aromatic N) is 4. The number of hydrogen-bond donors (Lipinski definition) is 0. The van der Waals surface area contributed by atoms with E-state index in [0.717, 1.165) is 50.4 Å². The van der Waals surface area contributed by atoms with E-state index in [1.165, 1.54) is 0 Å². The van der Waals surface area contributed by atoms with Gasteiger partial charge < -0.3 is 24.0 Å². The van der Waals surface area contributed by atoms with Crippen molar-refractivity contribution >= 4 is 11.8 Å². The number of benzene rings is 2. The Kier molecular flexibility index (Phi) is 10.8. The lowest BCUT2D eigenvalue weighted by Crippen LogP contribution is -2.49. The third-order valence-electron chi connectivity index (χ3n) is 6.27. The summed E-state index contributed by atoms with van der Waals surface area (Å²) in [6, 6.07) is 16.5. The molecule has 0 aliphatic carbocycles. The van der Waals surface area contributed by atoms with Gasteiger partial charge in [-0.3, -0.25) is 0 Å². The van der Waals surface area contributed by atoms with Crippen LogP contribution in [0.4, 0.5) is 10.5 Å². The highest BCUT2D eigenvalue weighted by atomic mass is 16.6. The third kappa shape index (κ3) is 9.61. The number of rotatable bonds is 11. The minimum atomic E-state index is -0.549. The zero-order valence-electron chi connectivity index (χ0n) is 22.7. The fourth-order valence-corrected chi connectivity index (χ4v) is 4.34. The number of nitriles is 1. The van der Waals surface area contributed by atoms with Gasteiger partial charge in [0.1, 0.15) is 17.1 Å². The molecule has 0 N–H and O–H groups in total.